The van der Waals surface area contributed by atoms with Crippen LogP contribution in [0.2, 0.25) is 0 Å². The van der Waals surface area contributed by atoms with Crippen LogP contribution in [0, 0.1) is 0 Å². The molecule has 0 aliphatic carbocycles. The van der Waals surface area contributed by atoms with E-state index in [2.05, 4.69) is 16.0 Å². The molecule has 1 rings (SSSR count). The van der Waals surface area contributed by atoms with Crippen LogP contribution in [0.15, 0.2) is 24.3 Å². The summed E-state index contributed by atoms with van der Waals surface area (Å²) in [4.78, 5) is 69.6. The van der Waals surface area contributed by atoms with E-state index in [4.69, 9.17) is 16.6 Å². The third-order valence-corrected chi connectivity index (χ3v) is 5.14. The van der Waals surface area contributed by atoms with E-state index < -0.39 is 41.7 Å². The zero-order chi connectivity index (χ0) is 27.1. The van der Waals surface area contributed by atoms with Gasteiger partial charge in [-0.25, -0.2) is 4.79 Å². The van der Waals surface area contributed by atoms with Gasteiger partial charge in [-0.1, -0.05) is 0 Å². The number of rotatable bonds is 17. The van der Waals surface area contributed by atoms with Crippen LogP contribution in [0.5, 0.6) is 0 Å². The topological polar surface area (TPSA) is 231 Å². The number of carbonyl (C=O) groups excluding carboxylic acids is 4. The van der Waals surface area contributed by atoms with Crippen LogP contribution in [0.4, 0.5) is 5.69 Å². The lowest BCUT2D eigenvalue weighted by molar-refractivity contribution is -0.142. The Kier molecular flexibility index (Phi) is 13.0. The standard InChI is InChI=1S/C23H33N5O8/c24-15-9-7-14(8-10-15)22(34)26-13-2-1-4-16(21(25)33)27-19(30)12-11-17(23(35)36)28-18(29)5-3-6-20(31)32/h7-10,16-17H,1-6,11-13,24H2,(H2,25,33)(H,26,34)(H,27,30)(H,28,29)(H,31,32)(H,35,36). The Labute approximate surface area is 208 Å². The maximum absolute atomic E-state index is 12.2. The van der Waals surface area contributed by atoms with Gasteiger partial charge in [-0.2, -0.15) is 0 Å². The van der Waals surface area contributed by atoms with Crippen molar-refractivity contribution in [1.29, 1.82) is 0 Å². The number of benzene rings is 1. The summed E-state index contributed by atoms with van der Waals surface area (Å²) in [5.74, 6) is -4.68. The smallest absolute Gasteiger partial charge is 0.326 e. The predicted molar refractivity (Wildman–Crippen MR) is 128 cm³/mol. The number of carboxylic acid groups (broad SMARTS) is 2. The SMILES string of the molecule is NC(=O)C(CCCCNC(=O)c1ccc(N)cc1)NC(=O)CCC(NC(=O)CCCC(=O)O)C(=O)O. The molecule has 198 valence electrons. The van der Waals surface area contributed by atoms with Crippen molar-refractivity contribution in [3.05, 3.63) is 29.8 Å². The van der Waals surface area contributed by atoms with E-state index in [1.54, 1.807) is 24.3 Å². The molecule has 36 heavy (non-hydrogen) atoms. The van der Waals surface area contributed by atoms with Crippen LogP contribution in [0.25, 0.3) is 0 Å². The van der Waals surface area contributed by atoms with Crippen LogP contribution in [-0.4, -0.2) is 64.4 Å². The number of amides is 4. The summed E-state index contributed by atoms with van der Waals surface area (Å²) >= 11 is 0. The molecule has 13 nitrogen and oxygen atoms in total. The van der Waals surface area contributed by atoms with Crippen LogP contribution >= 0.6 is 0 Å². The molecule has 2 unspecified atom stereocenters. The third-order valence-electron chi connectivity index (χ3n) is 5.14. The van der Waals surface area contributed by atoms with Crippen molar-refractivity contribution in [2.75, 3.05) is 12.3 Å². The largest absolute Gasteiger partial charge is 0.481 e. The molecule has 0 saturated carbocycles. The molecule has 0 radical (unpaired) electrons. The van der Waals surface area contributed by atoms with Gasteiger partial charge in [0.15, 0.2) is 0 Å². The minimum atomic E-state index is -1.35. The predicted octanol–water partition coefficient (Wildman–Crippen LogP) is -0.256. The van der Waals surface area contributed by atoms with Crippen molar-refractivity contribution < 1.29 is 39.0 Å². The second kappa shape index (κ2) is 15.7. The van der Waals surface area contributed by atoms with Crippen molar-refractivity contribution in [2.24, 2.45) is 5.73 Å². The average molecular weight is 508 g/mol. The number of carbonyl (C=O) groups is 6. The summed E-state index contributed by atoms with van der Waals surface area (Å²) in [5.41, 5.74) is 11.9. The number of hydrogen-bond donors (Lipinski definition) is 7. The summed E-state index contributed by atoms with van der Waals surface area (Å²) < 4.78 is 0. The summed E-state index contributed by atoms with van der Waals surface area (Å²) in [5, 5.41) is 25.3. The number of hydrogen-bond acceptors (Lipinski definition) is 7. The molecular weight excluding hydrogens is 474 g/mol. The molecule has 2 atom stereocenters. The number of primary amides is 1. The van der Waals surface area contributed by atoms with Gasteiger partial charge in [0.05, 0.1) is 0 Å². The highest BCUT2D eigenvalue weighted by molar-refractivity contribution is 5.94. The van der Waals surface area contributed by atoms with Gasteiger partial charge in [-0.15, -0.1) is 0 Å². The summed E-state index contributed by atoms with van der Waals surface area (Å²) in [6, 6.07) is 4.12. The van der Waals surface area contributed by atoms with Crippen molar-refractivity contribution in [1.82, 2.24) is 16.0 Å². The first kappa shape index (κ1) is 29.9. The highest BCUT2D eigenvalue weighted by Gasteiger charge is 2.23. The van der Waals surface area contributed by atoms with Crippen molar-refractivity contribution >= 4 is 41.3 Å². The second-order valence-corrected chi connectivity index (χ2v) is 8.14. The van der Waals surface area contributed by atoms with Gasteiger partial charge in [-0.3, -0.25) is 24.0 Å². The molecule has 0 aromatic heterocycles. The molecule has 1 aromatic carbocycles. The first-order valence-corrected chi connectivity index (χ1v) is 11.5. The van der Waals surface area contributed by atoms with Gasteiger partial charge < -0.3 is 37.6 Å². The zero-order valence-corrected chi connectivity index (χ0v) is 19.8. The molecule has 0 spiro atoms. The van der Waals surface area contributed by atoms with Gasteiger partial charge in [0, 0.05) is 37.1 Å². The maximum atomic E-state index is 12.2. The van der Waals surface area contributed by atoms with Crippen LogP contribution < -0.4 is 27.4 Å². The summed E-state index contributed by atoms with van der Waals surface area (Å²) in [6.07, 6.45) is 0.377. The molecule has 0 aliphatic heterocycles. The number of nitrogens with one attached hydrogen (secondary N) is 3. The molecule has 0 aliphatic rings. The van der Waals surface area contributed by atoms with Gasteiger partial charge in [-0.05, 0) is 56.4 Å². The van der Waals surface area contributed by atoms with E-state index >= 15 is 0 Å². The molecule has 9 N–H and O–H groups in total. The molecule has 0 saturated heterocycles. The molecule has 13 heteroatoms. The fourth-order valence-corrected chi connectivity index (χ4v) is 3.16. The van der Waals surface area contributed by atoms with Gasteiger partial charge in [0.25, 0.3) is 5.91 Å². The number of nitrogen functional groups attached to an aromatic ring is 1. The minimum absolute atomic E-state index is 0.0549. The van der Waals surface area contributed by atoms with E-state index in [1.807, 2.05) is 0 Å². The van der Waals surface area contributed by atoms with E-state index in [0.29, 0.717) is 30.6 Å². The minimum Gasteiger partial charge on any atom is -0.481 e. The fourth-order valence-electron chi connectivity index (χ4n) is 3.16. The van der Waals surface area contributed by atoms with E-state index in [1.165, 1.54) is 0 Å². The van der Waals surface area contributed by atoms with Crippen LogP contribution in [0.1, 0.15) is 61.7 Å². The van der Waals surface area contributed by atoms with E-state index in [-0.39, 0.29) is 44.4 Å². The molecule has 0 heterocycles. The molecular formula is C23H33N5O8. The lowest BCUT2D eigenvalue weighted by Crippen LogP contribution is -2.46. The molecule has 1 aromatic rings. The number of aliphatic carboxylic acids is 2. The van der Waals surface area contributed by atoms with Gasteiger partial charge in [0.1, 0.15) is 12.1 Å². The molecule has 0 bridgehead atoms. The first-order chi connectivity index (χ1) is 17.0. The quantitative estimate of drug-likeness (QED) is 0.109. The highest BCUT2D eigenvalue weighted by atomic mass is 16.4. The fraction of sp³-hybridized carbons (Fsp3) is 0.478. The number of anilines is 1. The maximum Gasteiger partial charge on any atom is 0.326 e. The Morgan fingerprint density at radius 3 is 1.97 bits per heavy atom. The first-order valence-electron chi connectivity index (χ1n) is 11.5. The number of nitrogens with two attached hydrogens (primary N) is 2. The number of unbranched alkanes of at least 4 members (excludes halogenated alkanes) is 1. The number of carboxylic acids is 2. The average Bonchev–Trinajstić information content (AvgIpc) is 2.80. The summed E-state index contributed by atoms with van der Waals surface area (Å²) in [7, 11) is 0. The third kappa shape index (κ3) is 12.3. The van der Waals surface area contributed by atoms with Crippen LogP contribution in [-0.2, 0) is 24.0 Å². The molecule has 0 fully saturated rings. The van der Waals surface area contributed by atoms with Crippen LogP contribution in [0.3, 0.4) is 0 Å². The van der Waals surface area contributed by atoms with E-state index in [9.17, 15) is 33.9 Å². The van der Waals surface area contributed by atoms with Crippen molar-refractivity contribution in [3.63, 3.8) is 0 Å². The highest BCUT2D eigenvalue weighted by Crippen LogP contribution is 2.07. The Morgan fingerprint density at radius 2 is 1.39 bits per heavy atom. The Bertz CT molecular complexity index is 935. The van der Waals surface area contributed by atoms with E-state index in [0.717, 1.165) is 0 Å². The van der Waals surface area contributed by atoms with Crippen molar-refractivity contribution in [3.8, 4) is 0 Å². The lowest BCUT2D eigenvalue weighted by atomic mass is 10.1. The second-order valence-electron chi connectivity index (χ2n) is 8.14. The Hall–Kier alpha value is -4.16. The monoisotopic (exact) mass is 507 g/mol. The van der Waals surface area contributed by atoms with Gasteiger partial charge in [0.2, 0.25) is 17.7 Å². The normalized spacial score (nSPS) is 12.1. The zero-order valence-electron chi connectivity index (χ0n) is 19.8. The Balaban J connectivity index is 2.38. The Morgan fingerprint density at radius 1 is 0.778 bits per heavy atom. The molecule has 4 amide bonds. The summed E-state index contributed by atoms with van der Waals surface area (Å²) in [6.45, 7) is 0.342. The van der Waals surface area contributed by atoms with Crippen molar-refractivity contribution in [2.45, 2.75) is 63.5 Å². The van der Waals surface area contributed by atoms with Gasteiger partial charge >= 0.3 is 11.9 Å². The lowest BCUT2D eigenvalue weighted by Gasteiger charge is -2.17.